The summed E-state index contributed by atoms with van der Waals surface area (Å²) in [7, 11) is 1.63. The molecule has 1 aromatic rings. The normalized spacial score (nSPS) is 36.3. The third kappa shape index (κ3) is 3.43. The van der Waals surface area contributed by atoms with Crippen LogP contribution < -0.4 is 4.74 Å². The van der Waals surface area contributed by atoms with Crippen LogP contribution in [0.2, 0.25) is 0 Å². The first-order valence-corrected chi connectivity index (χ1v) is 11.9. The first-order chi connectivity index (χ1) is 13.9. The summed E-state index contributed by atoms with van der Waals surface area (Å²) in [5.41, 5.74) is 0.610. The van der Waals surface area contributed by atoms with E-state index in [-0.39, 0.29) is 21.4 Å². The van der Waals surface area contributed by atoms with Crippen LogP contribution in [0.5, 0.6) is 5.75 Å². The standard InChI is InChI=1S/C24H30BrNO3/c1-29-20-4-2-18(3-5-20)21(27)19-6-8-26(9-7-19)22(28)23-11-16-10-17(12-23)14-24(25,13-16)15-23/h2-5,16-17,19H,6-15H2,1H3. The number of amides is 1. The topological polar surface area (TPSA) is 46.6 Å². The second-order valence-corrected chi connectivity index (χ2v) is 11.7. The largest absolute Gasteiger partial charge is 0.497 e. The van der Waals surface area contributed by atoms with Crippen LogP contribution in [0.15, 0.2) is 24.3 Å². The molecule has 1 amide bonds. The minimum absolute atomic E-state index is 0.0197. The molecule has 1 saturated heterocycles. The van der Waals surface area contributed by atoms with Crippen LogP contribution in [0.1, 0.15) is 61.7 Å². The number of carbonyl (C=O) groups is 2. The maximum Gasteiger partial charge on any atom is 0.228 e. The first-order valence-electron chi connectivity index (χ1n) is 11.1. The maximum atomic E-state index is 13.6. The van der Waals surface area contributed by atoms with Gasteiger partial charge in [-0.3, -0.25) is 9.59 Å². The Morgan fingerprint density at radius 2 is 1.66 bits per heavy atom. The zero-order valence-electron chi connectivity index (χ0n) is 17.2. The van der Waals surface area contributed by atoms with Gasteiger partial charge in [-0.2, -0.15) is 0 Å². The van der Waals surface area contributed by atoms with Crippen molar-refractivity contribution in [3.63, 3.8) is 0 Å². The average molecular weight is 460 g/mol. The molecular formula is C24H30BrNO3. The lowest BCUT2D eigenvalue weighted by Gasteiger charge is -2.60. The van der Waals surface area contributed by atoms with E-state index in [1.807, 2.05) is 24.3 Å². The van der Waals surface area contributed by atoms with E-state index in [9.17, 15) is 9.59 Å². The second-order valence-electron chi connectivity index (χ2n) is 10.1. The fourth-order valence-corrected chi connectivity index (χ4v) is 8.52. The molecule has 6 rings (SSSR count). The number of rotatable bonds is 4. The predicted octanol–water partition coefficient (Wildman–Crippen LogP) is 4.85. The molecule has 1 aromatic carbocycles. The summed E-state index contributed by atoms with van der Waals surface area (Å²) < 4.78 is 5.39. The third-order valence-electron chi connectivity index (χ3n) is 7.97. The van der Waals surface area contributed by atoms with E-state index in [1.165, 1.54) is 19.3 Å². The summed E-state index contributed by atoms with van der Waals surface area (Å²) in [6.07, 6.45) is 8.55. The maximum absolute atomic E-state index is 13.6. The highest BCUT2D eigenvalue weighted by molar-refractivity contribution is 9.10. The predicted molar refractivity (Wildman–Crippen MR) is 115 cm³/mol. The minimum atomic E-state index is -0.138. The number of ether oxygens (including phenoxy) is 1. The van der Waals surface area contributed by atoms with E-state index < -0.39 is 0 Å². The monoisotopic (exact) mass is 459 g/mol. The highest BCUT2D eigenvalue weighted by Gasteiger charge is 2.60. The van der Waals surface area contributed by atoms with E-state index in [0.717, 1.165) is 56.5 Å². The number of likely N-dealkylation sites (tertiary alicyclic amines) is 1. The molecule has 5 heteroatoms. The van der Waals surface area contributed by atoms with Gasteiger partial charge in [-0.1, -0.05) is 15.9 Å². The molecule has 5 aliphatic rings. The second kappa shape index (κ2) is 7.11. The summed E-state index contributed by atoms with van der Waals surface area (Å²) in [6, 6.07) is 7.39. The van der Waals surface area contributed by atoms with Crippen molar-refractivity contribution in [3.05, 3.63) is 29.8 Å². The van der Waals surface area contributed by atoms with Crippen LogP contribution in [0, 0.1) is 23.2 Å². The Balaban J connectivity index is 1.24. The Morgan fingerprint density at radius 1 is 1.03 bits per heavy atom. The van der Waals surface area contributed by atoms with Crippen molar-refractivity contribution >= 4 is 27.6 Å². The van der Waals surface area contributed by atoms with Crippen molar-refractivity contribution in [3.8, 4) is 5.75 Å². The van der Waals surface area contributed by atoms with Crippen molar-refractivity contribution in [2.24, 2.45) is 23.2 Å². The Hall–Kier alpha value is -1.36. The third-order valence-corrected chi connectivity index (χ3v) is 8.90. The number of ketones is 1. The fraction of sp³-hybridized carbons (Fsp3) is 0.667. The summed E-state index contributed by atoms with van der Waals surface area (Å²) in [4.78, 5) is 28.6. The van der Waals surface area contributed by atoms with Gasteiger partial charge in [0.2, 0.25) is 5.91 Å². The molecule has 0 radical (unpaired) electrons. The van der Waals surface area contributed by atoms with Gasteiger partial charge in [0.15, 0.2) is 5.78 Å². The Kier molecular flexibility index (Phi) is 4.80. The molecule has 2 unspecified atom stereocenters. The van der Waals surface area contributed by atoms with Crippen LogP contribution >= 0.6 is 15.9 Å². The molecule has 0 spiro atoms. The van der Waals surface area contributed by atoms with E-state index in [0.29, 0.717) is 17.7 Å². The smallest absolute Gasteiger partial charge is 0.228 e. The molecule has 0 aromatic heterocycles. The molecule has 2 atom stereocenters. The SMILES string of the molecule is COc1ccc(C(=O)C2CCN(C(=O)C34CC5CC(CC(Br)(C5)C3)C4)CC2)cc1. The number of benzene rings is 1. The highest BCUT2D eigenvalue weighted by atomic mass is 79.9. The Labute approximate surface area is 181 Å². The van der Waals surface area contributed by atoms with Gasteiger partial charge in [-0.25, -0.2) is 0 Å². The zero-order chi connectivity index (χ0) is 20.2. The number of carbonyl (C=O) groups excluding carboxylic acids is 2. The van der Waals surface area contributed by atoms with Gasteiger partial charge >= 0.3 is 0 Å². The molecule has 4 saturated carbocycles. The molecule has 4 bridgehead atoms. The van der Waals surface area contributed by atoms with E-state index >= 15 is 0 Å². The van der Waals surface area contributed by atoms with Crippen molar-refractivity contribution in [2.45, 2.75) is 55.7 Å². The van der Waals surface area contributed by atoms with Crippen molar-refractivity contribution in [1.82, 2.24) is 4.90 Å². The quantitative estimate of drug-likeness (QED) is 0.477. The number of methoxy groups -OCH3 is 1. The van der Waals surface area contributed by atoms with Gasteiger partial charge in [0.05, 0.1) is 12.5 Å². The molecule has 4 aliphatic carbocycles. The lowest BCUT2D eigenvalue weighted by atomic mass is 9.49. The lowest BCUT2D eigenvalue weighted by molar-refractivity contribution is -0.156. The van der Waals surface area contributed by atoms with Crippen molar-refractivity contribution in [1.29, 1.82) is 0 Å². The van der Waals surface area contributed by atoms with Crippen LogP contribution in [-0.4, -0.2) is 41.1 Å². The molecule has 4 nitrogen and oxygen atoms in total. The van der Waals surface area contributed by atoms with Crippen molar-refractivity contribution < 1.29 is 14.3 Å². The Morgan fingerprint density at radius 3 is 2.21 bits per heavy atom. The van der Waals surface area contributed by atoms with Crippen LogP contribution in [0.3, 0.4) is 0 Å². The van der Waals surface area contributed by atoms with Crippen molar-refractivity contribution in [2.75, 3.05) is 20.2 Å². The van der Waals surface area contributed by atoms with Gasteiger partial charge in [0.1, 0.15) is 5.75 Å². The van der Waals surface area contributed by atoms with E-state index in [1.54, 1.807) is 7.11 Å². The molecular weight excluding hydrogens is 430 g/mol. The van der Waals surface area contributed by atoms with Gasteiger partial charge in [0, 0.05) is 28.9 Å². The molecule has 0 N–H and O–H groups in total. The minimum Gasteiger partial charge on any atom is -0.497 e. The number of piperidine rings is 1. The average Bonchev–Trinajstić information content (AvgIpc) is 2.71. The number of nitrogens with zero attached hydrogens (tertiary/aromatic N) is 1. The lowest BCUT2D eigenvalue weighted by Crippen LogP contribution is -2.59. The fourth-order valence-electron chi connectivity index (χ4n) is 7.07. The molecule has 1 heterocycles. The van der Waals surface area contributed by atoms with E-state index in [4.69, 9.17) is 4.74 Å². The summed E-state index contributed by atoms with van der Waals surface area (Å²) in [5, 5.41) is 0. The summed E-state index contributed by atoms with van der Waals surface area (Å²) in [5.74, 6) is 2.80. The number of hydrogen-bond donors (Lipinski definition) is 0. The van der Waals surface area contributed by atoms with Crippen LogP contribution in [0.25, 0.3) is 0 Å². The van der Waals surface area contributed by atoms with Gasteiger partial charge in [0.25, 0.3) is 0 Å². The Bertz CT molecular complexity index is 798. The molecule has 156 valence electrons. The first kappa shape index (κ1) is 19.6. The number of halogens is 1. The molecule has 1 aliphatic heterocycles. The molecule has 5 fully saturated rings. The zero-order valence-corrected chi connectivity index (χ0v) is 18.7. The van der Waals surface area contributed by atoms with Gasteiger partial charge in [-0.15, -0.1) is 0 Å². The van der Waals surface area contributed by atoms with Gasteiger partial charge in [-0.05, 0) is 87.5 Å². The number of hydrogen-bond acceptors (Lipinski definition) is 3. The molecule has 29 heavy (non-hydrogen) atoms. The van der Waals surface area contributed by atoms with Crippen LogP contribution in [-0.2, 0) is 4.79 Å². The summed E-state index contributed by atoms with van der Waals surface area (Å²) in [6.45, 7) is 1.44. The number of alkyl halides is 1. The highest BCUT2D eigenvalue weighted by Crippen LogP contribution is 2.64. The van der Waals surface area contributed by atoms with Crippen LogP contribution in [0.4, 0.5) is 0 Å². The van der Waals surface area contributed by atoms with E-state index in [2.05, 4.69) is 20.8 Å². The number of Topliss-reactive ketones (excluding diaryl/α,β-unsaturated/α-hetero) is 1. The van der Waals surface area contributed by atoms with Gasteiger partial charge < -0.3 is 9.64 Å². The summed E-state index contributed by atoms with van der Waals surface area (Å²) >= 11 is 4.03.